The lowest BCUT2D eigenvalue weighted by molar-refractivity contribution is 0.229. The van der Waals surface area contributed by atoms with Crippen LogP contribution in [-0.4, -0.2) is 30.5 Å². The number of fused-ring (bicyclic) bond motifs is 1. The van der Waals surface area contributed by atoms with Crippen LogP contribution in [0.15, 0.2) is 46.2 Å². The van der Waals surface area contributed by atoms with Crippen molar-refractivity contribution in [3.63, 3.8) is 0 Å². The Morgan fingerprint density at radius 2 is 1.92 bits per heavy atom. The van der Waals surface area contributed by atoms with E-state index in [4.69, 9.17) is 4.98 Å². The molecule has 1 aromatic carbocycles. The first-order chi connectivity index (χ1) is 12.6. The lowest BCUT2D eigenvalue weighted by Crippen LogP contribution is -2.32. The van der Waals surface area contributed by atoms with Crippen LogP contribution in [0.2, 0.25) is 0 Å². The molecule has 1 unspecified atom stereocenters. The number of rotatable bonds is 3. The van der Waals surface area contributed by atoms with Gasteiger partial charge in [0.1, 0.15) is 5.82 Å². The van der Waals surface area contributed by atoms with Crippen LogP contribution >= 0.6 is 0 Å². The number of aromatic nitrogens is 4. The van der Waals surface area contributed by atoms with E-state index < -0.39 is 0 Å². The maximum absolute atomic E-state index is 12.7. The van der Waals surface area contributed by atoms with Crippen molar-refractivity contribution in [2.24, 2.45) is 14.1 Å². The molecule has 3 aromatic rings. The standard InChI is InChI=1S/C19H21N5O2/c1-22-13(10-20-11-17(22)25)12-24-9-5-8-16(24)18-21-15-7-4-3-6-14(15)19(26)23(18)2/h3-4,6-7,10-11,16H,5,8-9,12H2,1-2H3. The van der Waals surface area contributed by atoms with Crippen molar-refractivity contribution in [2.75, 3.05) is 6.54 Å². The van der Waals surface area contributed by atoms with Crippen LogP contribution < -0.4 is 11.1 Å². The van der Waals surface area contributed by atoms with E-state index in [9.17, 15) is 9.59 Å². The summed E-state index contributed by atoms with van der Waals surface area (Å²) in [6.45, 7) is 1.50. The number of nitrogens with zero attached hydrogens (tertiary/aromatic N) is 5. The summed E-state index contributed by atoms with van der Waals surface area (Å²) in [5, 5.41) is 0.637. The fourth-order valence-electron chi connectivity index (χ4n) is 3.70. The molecular weight excluding hydrogens is 330 g/mol. The van der Waals surface area contributed by atoms with Gasteiger partial charge < -0.3 is 4.57 Å². The minimum absolute atomic E-state index is 0.0220. The topological polar surface area (TPSA) is 73.0 Å². The minimum atomic E-state index is -0.116. The van der Waals surface area contributed by atoms with Gasteiger partial charge in [-0.25, -0.2) is 4.98 Å². The van der Waals surface area contributed by atoms with E-state index in [0.29, 0.717) is 11.9 Å². The van der Waals surface area contributed by atoms with E-state index in [1.807, 2.05) is 24.3 Å². The van der Waals surface area contributed by atoms with Crippen LogP contribution in [0.5, 0.6) is 0 Å². The molecule has 1 aliphatic heterocycles. The molecule has 0 aliphatic carbocycles. The number of likely N-dealkylation sites (tertiary alicyclic amines) is 1. The average molecular weight is 351 g/mol. The normalized spacial score (nSPS) is 17.8. The second-order valence-corrected chi connectivity index (χ2v) is 6.78. The van der Waals surface area contributed by atoms with Crippen molar-refractivity contribution in [2.45, 2.75) is 25.4 Å². The van der Waals surface area contributed by atoms with Crippen molar-refractivity contribution in [1.29, 1.82) is 0 Å². The van der Waals surface area contributed by atoms with Gasteiger partial charge in [0, 0.05) is 26.8 Å². The molecule has 1 aliphatic rings. The SMILES string of the molecule is Cn1c(CN2CCCC2c2nc3ccccc3c(=O)n2C)cncc1=O. The third-order valence-electron chi connectivity index (χ3n) is 5.21. The molecular formula is C19H21N5O2. The molecule has 1 atom stereocenters. The quantitative estimate of drug-likeness (QED) is 0.712. The monoisotopic (exact) mass is 351 g/mol. The fraction of sp³-hybridized carbons (Fsp3) is 0.368. The number of para-hydroxylation sites is 1. The number of benzene rings is 1. The van der Waals surface area contributed by atoms with Crippen LogP contribution in [0.4, 0.5) is 0 Å². The van der Waals surface area contributed by atoms with Gasteiger partial charge in [-0.3, -0.25) is 24.0 Å². The van der Waals surface area contributed by atoms with E-state index in [0.717, 1.165) is 36.4 Å². The molecule has 0 bridgehead atoms. The highest BCUT2D eigenvalue weighted by Crippen LogP contribution is 2.31. The molecule has 7 nitrogen and oxygen atoms in total. The summed E-state index contributed by atoms with van der Waals surface area (Å²) < 4.78 is 3.28. The number of hydrogen-bond donors (Lipinski definition) is 0. The Labute approximate surface area is 150 Å². The molecule has 0 amide bonds. The van der Waals surface area contributed by atoms with E-state index in [1.165, 1.54) is 6.20 Å². The second-order valence-electron chi connectivity index (χ2n) is 6.78. The van der Waals surface area contributed by atoms with Gasteiger partial charge in [-0.05, 0) is 31.5 Å². The first-order valence-electron chi connectivity index (χ1n) is 8.76. The van der Waals surface area contributed by atoms with Gasteiger partial charge in [0.15, 0.2) is 0 Å². The second kappa shape index (κ2) is 6.49. The molecule has 26 heavy (non-hydrogen) atoms. The van der Waals surface area contributed by atoms with Gasteiger partial charge in [0.05, 0.1) is 28.8 Å². The molecule has 1 saturated heterocycles. The molecule has 134 valence electrons. The molecule has 2 aromatic heterocycles. The molecule has 1 fully saturated rings. The molecule has 0 radical (unpaired) electrons. The first-order valence-corrected chi connectivity index (χ1v) is 8.76. The van der Waals surface area contributed by atoms with Crippen molar-refractivity contribution in [1.82, 2.24) is 24.0 Å². The summed E-state index contributed by atoms with van der Waals surface area (Å²) in [5.74, 6) is 0.778. The van der Waals surface area contributed by atoms with E-state index >= 15 is 0 Å². The van der Waals surface area contributed by atoms with Crippen molar-refractivity contribution in [3.8, 4) is 0 Å². The lowest BCUT2D eigenvalue weighted by atomic mass is 10.1. The van der Waals surface area contributed by atoms with E-state index in [-0.39, 0.29) is 17.2 Å². The van der Waals surface area contributed by atoms with Crippen LogP contribution in [0.1, 0.15) is 30.4 Å². The van der Waals surface area contributed by atoms with Crippen LogP contribution in [0.3, 0.4) is 0 Å². The molecule has 0 spiro atoms. The molecule has 0 saturated carbocycles. The van der Waals surface area contributed by atoms with Gasteiger partial charge in [-0.15, -0.1) is 0 Å². The van der Waals surface area contributed by atoms with Gasteiger partial charge in [-0.1, -0.05) is 12.1 Å². The molecule has 3 heterocycles. The summed E-state index contributed by atoms with van der Waals surface area (Å²) >= 11 is 0. The van der Waals surface area contributed by atoms with E-state index in [1.54, 1.807) is 29.4 Å². The molecule has 7 heteroatoms. The zero-order valence-corrected chi connectivity index (χ0v) is 14.9. The highest BCUT2D eigenvalue weighted by molar-refractivity contribution is 5.77. The van der Waals surface area contributed by atoms with Gasteiger partial charge in [-0.2, -0.15) is 0 Å². The third kappa shape index (κ3) is 2.74. The Kier molecular flexibility index (Phi) is 4.16. The van der Waals surface area contributed by atoms with Gasteiger partial charge >= 0.3 is 0 Å². The summed E-state index contributed by atoms with van der Waals surface area (Å²) in [6, 6.07) is 7.50. The largest absolute Gasteiger partial charge is 0.312 e. The minimum Gasteiger partial charge on any atom is -0.312 e. The van der Waals surface area contributed by atoms with Crippen LogP contribution in [-0.2, 0) is 20.6 Å². The van der Waals surface area contributed by atoms with Crippen molar-refractivity contribution < 1.29 is 0 Å². The number of hydrogen-bond acceptors (Lipinski definition) is 5. The average Bonchev–Trinajstić information content (AvgIpc) is 3.10. The van der Waals surface area contributed by atoms with Crippen LogP contribution in [0.25, 0.3) is 10.9 Å². The third-order valence-corrected chi connectivity index (χ3v) is 5.21. The predicted octanol–water partition coefficient (Wildman–Crippen LogP) is 1.36. The highest BCUT2D eigenvalue weighted by atomic mass is 16.1. The van der Waals surface area contributed by atoms with E-state index in [2.05, 4.69) is 9.88 Å². The molecule has 4 rings (SSSR count). The maximum Gasteiger partial charge on any atom is 0.268 e. The Morgan fingerprint density at radius 3 is 2.77 bits per heavy atom. The van der Waals surface area contributed by atoms with Crippen LogP contribution in [0, 0.1) is 0 Å². The zero-order valence-electron chi connectivity index (χ0n) is 14.9. The van der Waals surface area contributed by atoms with Crippen molar-refractivity contribution >= 4 is 10.9 Å². The van der Waals surface area contributed by atoms with Crippen molar-refractivity contribution in [3.05, 3.63) is 68.9 Å². The lowest BCUT2D eigenvalue weighted by Gasteiger charge is -2.26. The highest BCUT2D eigenvalue weighted by Gasteiger charge is 2.30. The summed E-state index contributed by atoms with van der Waals surface area (Å²) in [5.41, 5.74) is 1.45. The Morgan fingerprint density at radius 1 is 1.12 bits per heavy atom. The maximum atomic E-state index is 12.7. The summed E-state index contributed by atoms with van der Waals surface area (Å²) in [7, 11) is 3.54. The first kappa shape index (κ1) is 16.7. The van der Waals surface area contributed by atoms with Gasteiger partial charge in [0.2, 0.25) is 0 Å². The fourth-order valence-corrected chi connectivity index (χ4v) is 3.70. The molecule has 0 N–H and O–H groups in total. The summed E-state index contributed by atoms with van der Waals surface area (Å²) in [4.78, 5) is 35.6. The zero-order chi connectivity index (χ0) is 18.3. The predicted molar refractivity (Wildman–Crippen MR) is 98.8 cm³/mol. The summed E-state index contributed by atoms with van der Waals surface area (Å²) in [6.07, 6.45) is 5.01. The van der Waals surface area contributed by atoms with Gasteiger partial charge in [0.25, 0.3) is 11.1 Å². The smallest absolute Gasteiger partial charge is 0.268 e. The Balaban J connectivity index is 1.74. The Hall–Kier alpha value is -2.80. The Bertz CT molecular complexity index is 1090.